The van der Waals surface area contributed by atoms with E-state index in [1.165, 1.54) is 0 Å². The van der Waals surface area contributed by atoms with E-state index in [0.29, 0.717) is 49.0 Å². The van der Waals surface area contributed by atoms with Crippen LogP contribution in [0.1, 0.15) is 31.2 Å². The monoisotopic (exact) mass is 460 g/mol. The molecule has 4 aromatic rings. The third-order valence-electron chi connectivity index (χ3n) is 5.57. The average Bonchev–Trinajstić information content (AvgIpc) is 3.54. The lowest BCUT2D eigenvalue weighted by Gasteiger charge is -2.28. The van der Waals surface area contributed by atoms with Gasteiger partial charge in [0, 0.05) is 42.5 Å². The van der Waals surface area contributed by atoms with Crippen molar-refractivity contribution in [2.75, 3.05) is 41.8 Å². The molecule has 0 amide bonds. The number of hydrogen-bond donors (Lipinski definition) is 3. The van der Waals surface area contributed by atoms with Gasteiger partial charge in [-0.3, -0.25) is 5.10 Å². The number of morpholine rings is 1. The average molecular weight is 461 g/mol. The van der Waals surface area contributed by atoms with Crippen LogP contribution in [0.3, 0.4) is 0 Å². The Morgan fingerprint density at radius 3 is 2.62 bits per heavy atom. The second-order valence-electron chi connectivity index (χ2n) is 8.42. The van der Waals surface area contributed by atoms with Crippen molar-refractivity contribution < 1.29 is 9.26 Å². The van der Waals surface area contributed by atoms with Crippen LogP contribution >= 0.6 is 0 Å². The van der Waals surface area contributed by atoms with Crippen LogP contribution in [0.25, 0.3) is 11.3 Å². The number of nitrogens with one attached hydrogen (secondary N) is 3. The number of hydrogen-bond acceptors (Lipinski definition) is 9. The van der Waals surface area contributed by atoms with Gasteiger partial charge in [0.05, 0.1) is 19.8 Å². The molecule has 0 radical (unpaired) electrons. The Hall–Kier alpha value is -3.92. The van der Waals surface area contributed by atoms with Gasteiger partial charge in [0.15, 0.2) is 11.6 Å². The van der Waals surface area contributed by atoms with Gasteiger partial charge in [-0.1, -0.05) is 49.3 Å². The summed E-state index contributed by atoms with van der Waals surface area (Å²) in [5.41, 5.74) is 2.86. The fourth-order valence-corrected chi connectivity index (χ4v) is 3.67. The lowest BCUT2D eigenvalue weighted by molar-refractivity contribution is 0.122. The second kappa shape index (κ2) is 9.92. The van der Waals surface area contributed by atoms with Gasteiger partial charge in [-0.2, -0.15) is 15.1 Å². The molecule has 34 heavy (non-hydrogen) atoms. The lowest BCUT2D eigenvalue weighted by atomic mass is 10.1. The van der Waals surface area contributed by atoms with E-state index in [0.717, 1.165) is 35.9 Å². The molecule has 1 aliphatic heterocycles. The van der Waals surface area contributed by atoms with E-state index in [-0.39, 0.29) is 0 Å². The maximum Gasteiger partial charge on any atom is 0.227 e. The summed E-state index contributed by atoms with van der Waals surface area (Å²) < 4.78 is 11.0. The second-order valence-corrected chi connectivity index (χ2v) is 8.42. The Morgan fingerprint density at radius 2 is 1.85 bits per heavy atom. The molecule has 0 atom stereocenters. The highest BCUT2D eigenvalue weighted by molar-refractivity contribution is 5.60. The third kappa shape index (κ3) is 5.18. The molecule has 176 valence electrons. The van der Waals surface area contributed by atoms with Crippen LogP contribution in [0.4, 0.5) is 23.4 Å². The van der Waals surface area contributed by atoms with Crippen LogP contribution < -0.4 is 15.5 Å². The SMILES string of the molecule is CC(C)c1cc(Nc2cc(N3CCOCC3)nc(NCc3cc(-c4ccccc4)no3)n2)n[nH]1. The number of rotatable bonds is 8. The minimum atomic E-state index is 0.359. The molecule has 0 spiro atoms. The standard InChI is InChI=1S/C24H28N8O2/c1-16(2)19-13-22(30-29-19)26-21-14-23(32-8-10-33-11-9-32)28-24(27-21)25-15-18-12-20(31-34-18)17-6-4-3-5-7-17/h3-7,12-14,16H,8-11,15H2,1-2H3,(H3,25,26,27,28,29,30). The summed E-state index contributed by atoms with van der Waals surface area (Å²) in [4.78, 5) is 11.6. The van der Waals surface area contributed by atoms with E-state index < -0.39 is 0 Å². The minimum absolute atomic E-state index is 0.359. The van der Waals surface area contributed by atoms with E-state index in [2.05, 4.69) is 49.7 Å². The molecular weight excluding hydrogens is 432 g/mol. The van der Waals surface area contributed by atoms with Gasteiger partial charge in [-0.15, -0.1) is 0 Å². The molecule has 10 nitrogen and oxygen atoms in total. The Bertz CT molecular complexity index is 1210. The minimum Gasteiger partial charge on any atom is -0.378 e. The van der Waals surface area contributed by atoms with E-state index in [1.54, 1.807) is 0 Å². The predicted molar refractivity (Wildman–Crippen MR) is 130 cm³/mol. The number of nitrogens with zero attached hydrogens (tertiary/aromatic N) is 5. The Morgan fingerprint density at radius 1 is 1.03 bits per heavy atom. The van der Waals surface area contributed by atoms with Crippen molar-refractivity contribution in [3.63, 3.8) is 0 Å². The van der Waals surface area contributed by atoms with Crippen LogP contribution in [-0.2, 0) is 11.3 Å². The smallest absolute Gasteiger partial charge is 0.227 e. The van der Waals surface area contributed by atoms with E-state index in [9.17, 15) is 0 Å². The van der Waals surface area contributed by atoms with Gasteiger partial charge in [0.1, 0.15) is 17.3 Å². The maximum atomic E-state index is 5.51. The van der Waals surface area contributed by atoms with E-state index in [1.807, 2.05) is 48.5 Å². The number of aromatic amines is 1. The Kier molecular flexibility index (Phi) is 6.39. The number of aromatic nitrogens is 5. The predicted octanol–water partition coefficient (Wildman–Crippen LogP) is 4.17. The fourth-order valence-electron chi connectivity index (χ4n) is 3.67. The summed E-state index contributed by atoms with van der Waals surface area (Å²) in [7, 11) is 0. The third-order valence-corrected chi connectivity index (χ3v) is 5.57. The maximum absolute atomic E-state index is 5.51. The van der Waals surface area contributed by atoms with Crippen LogP contribution in [0.15, 0.2) is 53.1 Å². The zero-order valence-electron chi connectivity index (χ0n) is 19.3. The van der Waals surface area contributed by atoms with E-state index in [4.69, 9.17) is 14.2 Å². The molecule has 0 aliphatic carbocycles. The molecule has 3 N–H and O–H groups in total. The first-order chi connectivity index (χ1) is 16.6. The Balaban J connectivity index is 1.34. The first kappa shape index (κ1) is 21.9. The molecule has 1 aliphatic rings. The van der Waals surface area contributed by atoms with Crippen LogP contribution in [-0.4, -0.2) is 51.6 Å². The van der Waals surface area contributed by atoms with Crippen molar-refractivity contribution in [3.05, 3.63) is 60.0 Å². The first-order valence-corrected chi connectivity index (χ1v) is 11.4. The molecule has 0 saturated carbocycles. The lowest BCUT2D eigenvalue weighted by Crippen LogP contribution is -2.37. The van der Waals surface area contributed by atoms with Crippen molar-refractivity contribution in [2.24, 2.45) is 0 Å². The van der Waals surface area contributed by atoms with Gasteiger partial charge >= 0.3 is 0 Å². The molecule has 3 aromatic heterocycles. The highest BCUT2D eigenvalue weighted by Gasteiger charge is 2.16. The quantitative estimate of drug-likeness (QED) is 0.356. The number of ether oxygens (including phenoxy) is 1. The molecule has 5 rings (SSSR count). The van der Waals surface area contributed by atoms with Crippen molar-refractivity contribution >= 4 is 23.4 Å². The summed E-state index contributed by atoms with van der Waals surface area (Å²) >= 11 is 0. The number of anilines is 4. The van der Waals surface area contributed by atoms with Crippen LogP contribution in [0.5, 0.6) is 0 Å². The molecule has 10 heteroatoms. The molecule has 1 saturated heterocycles. The van der Waals surface area contributed by atoms with Crippen molar-refractivity contribution in [3.8, 4) is 11.3 Å². The van der Waals surface area contributed by atoms with Crippen LogP contribution in [0, 0.1) is 0 Å². The molecular formula is C24H28N8O2. The molecule has 0 unspecified atom stereocenters. The molecule has 0 bridgehead atoms. The summed E-state index contributed by atoms with van der Waals surface area (Å²) in [6.45, 7) is 7.54. The summed E-state index contributed by atoms with van der Waals surface area (Å²) in [5.74, 6) is 3.74. The first-order valence-electron chi connectivity index (χ1n) is 11.4. The zero-order valence-corrected chi connectivity index (χ0v) is 19.3. The van der Waals surface area contributed by atoms with Crippen molar-refractivity contribution in [1.29, 1.82) is 0 Å². The van der Waals surface area contributed by atoms with Gasteiger partial charge in [-0.25, -0.2) is 0 Å². The summed E-state index contributed by atoms with van der Waals surface area (Å²) in [6.07, 6.45) is 0. The number of H-pyrrole nitrogens is 1. The number of benzene rings is 1. The van der Waals surface area contributed by atoms with Gasteiger partial charge < -0.3 is 24.8 Å². The topological polar surface area (TPSA) is 117 Å². The van der Waals surface area contributed by atoms with Gasteiger partial charge in [0.25, 0.3) is 0 Å². The summed E-state index contributed by atoms with van der Waals surface area (Å²) in [5, 5.41) is 18.2. The Labute approximate surface area is 197 Å². The highest BCUT2D eigenvalue weighted by atomic mass is 16.5. The van der Waals surface area contributed by atoms with Gasteiger partial charge in [0.2, 0.25) is 5.95 Å². The molecule has 1 fully saturated rings. The van der Waals surface area contributed by atoms with E-state index >= 15 is 0 Å². The normalized spacial score (nSPS) is 13.9. The van der Waals surface area contributed by atoms with Crippen molar-refractivity contribution in [1.82, 2.24) is 25.3 Å². The fraction of sp³-hybridized carbons (Fsp3) is 0.333. The molecule has 4 heterocycles. The molecule has 1 aromatic carbocycles. The zero-order chi connectivity index (χ0) is 23.3. The van der Waals surface area contributed by atoms with Gasteiger partial charge in [-0.05, 0) is 5.92 Å². The van der Waals surface area contributed by atoms with Crippen molar-refractivity contribution in [2.45, 2.75) is 26.3 Å². The van der Waals surface area contributed by atoms with Crippen LogP contribution in [0.2, 0.25) is 0 Å². The highest BCUT2D eigenvalue weighted by Crippen LogP contribution is 2.24. The summed E-state index contributed by atoms with van der Waals surface area (Å²) in [6, 6.07) is 15.8. The largest absolute Gasteiger partial charge is 0.378 e.